The van der Waals surface area contributed by atoms with Gasteiger partial charge in [0.25, 0.3) is 5.78 Å². The molecule has 1 fully saturated rings. The molecule has 4 aromatic rings. The van der Waals surface area contributed by atoms with E-state index in [-0.39, 0.29) is 23.6 Å². The van der Waals surface area contributed by atoms with Gasteiger partial charge in [0.15, 0.2) is 11.9 Å². The lowest BCUT2D eigenvalue weighted by Gasteiger charge is -2.48. The van der Waals surface area contributed by atoms with Crippen LogP contribution in [-0.4, -0.2) is 66.4 Å². The quantitative estimate of drug-likeness (QED) is 0.134. The zero-order valence-corrected chi connectivity index (χ0v) is 24.1. The van der Waals surface area contributed by atoms with Gasteiger partial charge in [0.2, 0.25) is 5.91 Å². The minimum absolute atomic E-state index is 0.269. The summed E-state index contributed by atoms with van der Waals surface area (Å²) in [6.45, 7) is 2.16. The number of ether oxygens (including phenoxy) is 2. The molecule has 0 spiro atoms. The largest absolute Gasteiger partial charge is 0.448 e. The second-order valence-electron chi connectivity index (χ2n) is 9.69. The lowest BCUT2D eigenvalue weighted by Crippen LogP contribution is -2.68. The van der Waals surface area contributed by atoms with Crippen molar-refractivity contribution in [3.8, 4) is 0 Å². The number of aryl methyl sites for hydroxylation is 1. The number of esters is 1. The second kappa shape index (κ2) is 11.6. The zero-order chi connectivity index (χ0) is 28.5. The number of thioether (sulfide) groups is 2. The standard InChI is InChI=1S/C29H28N6O4S2/c1-17-13-22(35-29(31-17)32-21(33-35)14-38-2)40-15-20-16-41-27-23(30)26(36)34(27)24(20)28(37)39-25(18-9-5-3-6-10-18)19-11-7-4-8-12-19/h3-13,23,25,27H,14-16,30H2,1-2H3/t23?,27-/m0/s1. The predicted molar refractivity (Wildman–Crippen MR) is 156 cm³/mol. The molecule has 10 nitrogen and oxygen atoms in total. The molecule has 6 rings (SSSR count). The van der Waals surface area contributed by atoms with E-state index >= 15 is 0 Å². The van der Waals surface area contributed by atoms with Gasteiger partial charge in [0.05, 0.1) is 0 Å². The van der Waals surface area contributed by atoms with E-state index in [9.17, 15) is 9.59 Å². The smallest absolute Gasteiger partial charge is 0.356 e. The van der Waals surface area contributed by atoms with E-state index in [0.717, 1.165) is 27.4 Å². The molecule has 2 aliphatic rings. The third-order valence-electron chi connectivity index (χ3n) is 6.83. The van der Waals surface area contributed by atoms with Crippen LogP contribution in [0.25, 0.3) is 5.78 Å². The van der Waals surface area contributed by atoms with E-state index in [0.29, 0.717) is 23.1 Å². The maximum absolute atomic E-state index is 14.0. The zero-order valence-electron chi connectivity index (χ0n) is 22.5. The van der Waals surface area contributed by atoms with Crippen LogP contribution < -0.4 is 5.73 Å². The summed E-state index contributed by atoms with van der Waals surface area (Å²) < 4.78 is 13.1. The minimum atomic E-state index is -0.645. The summed E-state index contributed by atoms with van der Waals surface area (Å²) in [5, 5.41) is 5.05. The summed E-state index contributed by atoms with van der Waals surface area (Å²) >= 11 is 3.05. The maximum Gasteiger partial charge on any atom is 0.356 e. The third kappa shape index (κ3) is 5.35. The van der Waals surface area contributed by atoms with Crippen LogP contribution in [0.2, 0.25) is 0 Å². The fraction of sp³-hybridized carbons (Fsp3) is 0.276. The van der Waals surface area contributed by atoms with Crippen LogP contribution in [-0.2, 0) is 25.7 Å². The Morgan fingerprint density at radius 3 is 2.46 bits per heavy atom. The van der Waals surface area contributed by atoms with Crippen LogP contribution in [0.4, 0.5) is 0 Å². The molecular weight excluding hydrogens is 560 g/mol. The van der Waals surface area contributed by atoms with Crippen molar-refractivity contribution >= 4 is 41.2 Å². The Kier molecular flexibility index (Phi) is 7.80. The normalized spacial score (nSPS) is 18.5. The summed E-state index contributed by atoms with van der Waals surface area (Å²) in [7, 11) is 1.59. The van der Waals surface area contributed by atoms with Crippen molar-refractivity contribution in [2.24, 2.45) is 5.73 Å². The highest BCUT2D eigenvalue weighted by molar-refractivity contribution is 8.01. The molecule has 2 aliphatic heterocycles. The molecule has 1 amide bonds. The van der Waals surface area contributed by atoms with Crippen LogP contribution in [0.1, 0.15) is 28.7 Å². The van der Waals surface area contributed by atoms with E-state index < -0.39 is 18.1 Å². The SMILES string of the molecule is COCc1nc2nc(C)cc(SCC3=C(C(=O)OC(c4ccccc4)c4ccccc4)N4C(=O)C(N)[C@@H]4SC3)n2n1. The molecule has 1 saturated heterocycles. The Bertz CT molecular complexity index is 1590. The van der Waals surface area contributed by atoms with Crippen molar-refractivity contribution in [3.05, 3.63) is 101 Å². The average molecular weight is 589 g/mol. The number of methoxy groups -OCH3 is 1. The Morgan fingerprint density at radius 1 is 1.12 bits per heavy atom. The van der Waals surface area contributed by atoms with Crippen molar-refractivity contribution in [2.45, 2.75) is 36.1 Å². The lowest BCUT2D eigenvalue weighted by molar-refractivity contribution is -0.153. The molecule has 2 N–H and O–H groups in total. The molecule has 0 aliphatic carbocycles. The van der Waals surface area contributed by atoms with Gasteiger partial charge in [-0.3, -0.25) is 9.69 Å². The van der Waals surface area contributed by atoms with Gasteiger partial charge in [-0.25, -0.2) is 9.78 Å². The Hall–Kier alpha value is -3.71. The number of aromatic nitrogens is 4. The molecule has 12 heteroatoms. The highest BCUT2D eigenvalue weighted by Crippen LogP contribution is 2.42. The van der Waals surface area contributed by atoms with Gasteiger partial charge in [-0.2, -0.15) is 9.50 Å². The molecular formula is C29H28N6O4S2. The minimum Gasteiger partial charge on any atom is -0.448 e. The van der Waals surface area contributed by atoms with Crippen molar-refractivity contribution in [1.82, 2.24) is 24.5 Å². The van der Waals surface area contributed by atoms with Crippen LogP contribution in [0.5, 0.6) is 0 Å². The third-order valence-corrected chi connectivity index (χ3v) is 9.27. The highest BCUT2D eigenvalue weighted by atomic mass is 32.2. The molecule has 0 bridgehead atoms. The van der Waals surface area contributed by atoms with E-state index in [4.69, 9.17) is 15.2 Å². The van der Waals surface area contributed by atoms with Crippen LogP contribution in [0.15, 0.2) is 83.0 Å². The molecule has 1 unspecified atom stereocenters. The fourth-order valence-corrected chi connectivity index (χ4v) is 7.36. The summed E-state index contributed by atoms with van der Waals surface area (Å²) in [6.07, 6.45) is -0.638. The van der Waals surface area contributed by atoms with Gasteiger partial charge in [-0.1, -0.05) is 60.7 Å². The summed E-state index contributed by atoms with van der Waals surface area (Å²) in [5.41, 5.74) is 9.64. The monoisotopic (exact) mass is 588 g/mol. The number of hydrogen-bond donors (Lipinski definition) is 1. The number of fused-ring (bicyclic) bond motifs is 2. The first kappa shape index (κ1) is 27.5. The predicted octanol–water partition coefficient (Wildman–Crippen LogP) is 3.50. The molecule has 4 heterocycles. The van der Waals surface area contributed by atoms with E-state index in [1.54, 1.807) is 23.4 Å². The van der Waals surface area contributed by atoms with Crippen molar-refractivity contribution in [1.29, 1.82) is 0 Å². The van der Waals surface area contributed by atoms with Gasteiger partial charge in [0.1, 0.15) is 28.7 Å². The number of nitrogens with two attached hydrogens (primary N) is 1. The molecule has 2 aromatic heterocycles. The first-order chi connectivity index (χ1) is 19.9. The molecule has 0 radical (unpaired) electrons. The van der Waals surface area contributed by atoms with Crippen molar-refractivity contribution in [2.75, 3.05) is 18.6 Å². The molecule has 0 saturated carbocycles. The molecule has 2 atom stereocenters. The summed E-state index contributed by atoms with van der Waals surface area (Å²) in [5.74, 6) is 1.14. The van der Waals surface area contributed by atoms with Crippen molar-refractivity contribution in [3.63, 3.8) is 0 Å². The first-order valence-corrected chi connectivity index (χ1v) is 15.1. The summed E-state index contributed by atoms with van der Waals surface area (Å²) in [6, 6.07) is 20.4. The molecule has 41 heavy (non-hydrogen) atoms. The van der Waals surface area contributed by atoms with Crippen LogP contribution in [0, 0.1) is 6.92 Å². The first-order valence-electron chi connectivity index (χ1n) is 13.0. The highest BCUT2D eigenvalue weighted by Gasteiger charge is 2.52. The van der Waals surface area contributed by atoms with Gasteiger partial charge in [-0.05, 0) is 29.7 Å². The number of carbonyl (C=O) groups excluding carboxylic acids is 2. The van der Waals surface area contributed by atoms with Gasteiger partial charge >= 0.3 is 5.97 Å². The number of nitrogens with zero attached hydrogens (tertiary/aromatic N) is 5. The Balaban J connectivity index is 1.34. The number of β-lactam (4-membered cyclic amide) rings is 1. The van der Waals surface area contributed by atoms with E-state index in [1.807, 2.05) is 73.7 Å². The number of amides is 1. The van der Waals surface area contributed by atoms with Gasteiger partial charge in [-0.15, -0.1) is 28.6 Å². The van der Waals surface area contributed by atoms with E-state index in [2.05, 4.69) is 15.1 Å². The molecule has 210 valence electrons. The van der Waals surface area contributed by atoms with Crippen molar-refractivity contribution < 1.29 is 19.1 Å². The topological polar surface area (TPSA) is 125 Å². The second-order valence-corrected chi connectivity index (χ2v) is 11.8. The van der Waals surface area contributed by atoms with Crippen LogP contribution in [0.3, 0.4) is 0 Å². The van der Waals surface area contributed by atoms with E-state index in [1.165, 1.54) is 16.7 Å². The van der Waals surface area contributed by atoms with Crippen LogP contribution >= 0.6 is 23.5 Å². The number of benzene rings is 2. The number of rotatable bonds is 9. The van der Waals surface area contributed by atoms with Gasteiger partial charge in [0, 0.05) is 24.3 Å². The average Bonchev–Trinajstić information content (AvgIpc) is 3.41. The maximum atomic E-state index is 14.0. The Labute approximate surface area is 245 Å². The Morgan fingerprint density at radius 2 is 1.80 bits per heavy atom. The number of carbonyl (C=O) groups is 2. The lowest BCUT2D eigenvalue weighted by atomic mass is 10.0. The number of hydrogen-bond acceptors (Lipinski definition) is 10. The summed E-state index contributed by atoms with van der Waals surface area (Å²) in [4.78, 5) is 37.3. The fourth-order valence-electron chi connectivity index (χ4n) is 4.88. The molecule has 2 aromatic carbocycles. The van der Waals surface area contributed by atoms with Gasteiger partial charge < -0.3 is 15.2 Å².